The molecule has 0 aliphatic carbocycles. The van der Waals surface area contributed by atoms with E-state index < -0.39 is 0 Å². The van der Waals surface area contributed by atoms with Gasteiger partial charge >= 0.3 is 0 Å². The number of methoxy groups -OCH3 is 2. The van der Waals surface area contributed by atoms with Gasteiger partial charge in [-0.15, -0.1) is 12.4 Å². The summed E-state index contributed by atoms with van der Waals surface area (Å²) in [5.74, 6) is 1.29. The maximum atomic E-state index is 8.92. The molecule has 4 nitrogen and oxygen atoms in total. The van der Waals surface area contributed by atoms with E-state index in [4.69, 9.17) is 14.7 Å². The lowest BCUT2D eigenvalue weighted by Gasteiger charge is -2.16. The van der Waals surface area contributed by atoms with Crippen LogP contribution < -0.4 is 9.47 Å². The Balaban J connectivity index is 0.00000256. The van der Waals surface area contributed by atoms with E-state index in [0.29, 0.717) is 23.6 Å². The van der Waals surface area contributed by atoms with Gasteiger partial charge in [0.2, 0.25) is 0 Å². The van der Waals surface area contributed by atoms with Crippen molar-refractivity contribution >= 4 is 12.4 Å². The molecule has 5 heteroatoms. The Morgan fingerprint density at radius 2 is 1.88 bits per heavy atom. The Kier molecular flexibility index (Phi) is 6.40. The van der Waals surface area contributed by atoms with E-state index in [2.05, 4.69) is 6.07 Å². The molecule has 0 bridgehead atoms. The summed E-state index contributed by atoms with van der Waals surface area (Å²) in [6.07, 6.45) is 0. The third kappa shape index (κ3) is 3.81. The summed E-state index contributed by atoms with van der Waals surface area (Å²) >= 11 is 0. The van der Waals surface area contributed by atoms with Gasteiger partial charge in [0.05, 0.1) is 25.9 Å². The van der Waals surface area contributed by atoms with Crippen molar-refractivity contribution in [3.63, 3.8) is 0 Å². The first-order valence-corrected chi connectivity index (χ1v) is 4.92. The van der Waals surface area contributed by atoms with E-state index in [1.165, 1.54) is 0 Å². The van der Waals surface area contributed by atoms with Gasteiger partial charge in [0, 0.05) is 18.2 Å². The van der Waals surface area contributed by atoms with E-state index in [1.54, 1.807) is 20.3 Å². The quantitative estimate of drug-likeness (QED) is 0.827. The molecule has 0 aromatic heterocycles. The second-order valence-corrected chi connectivity index (χ2v) is 3.72. The molecular formula is C12H17ClN2O2. The number of ether oxygens (including phenoxy) is 2. The molecule has 1 rings (SSSR count). The highest BCUT2D eigenvalue weighted by molar-refractivity contribution is 5.85. The van der Waals surface area contributed by atoms with E-state index >= 15 is 0 Å². The van der Waals surface area contributed by atoms with E-state index in [-0.39, 0.29) is 12.4 Å². The van der Waals surface area contributed by atoms with Crippen LogP contribution in [0.5, 0.6) is 11.5 Å². The summed E-state index contributed by atoms with van der Waals surface area (Å²) in [4.78, 5) is 2.01. The van der Waals surface area contributed by atoms with Crippen LogP contribution in [0.15, 0.2) is 12.1 Å². The first kappa shape index (κ1) is 15.6. The zero-order valence-electron chi connectivity index (χ0n) is 10.5. The van der Waals surface area contributed by atoms with Crippen LogP contribution >= 0.6 is 12.4 Å². The summed E-state index contributed by atoms with van der Waals surface area (Å²) in [7, 11) is 7.09. The van der Waals surface area contributed by atoms with Crippen LogP contribution in [0.2, 0.25) is 0 Å². The summed E-state index contributed by atoms with van der Waals surface area (Å²) in [6, 6.07) is 5.61. The molecule has 0 spiro atoms. The smallest absolute Gasteiger partial charge is 0.165 e. The number of hydrogen-bond acceptors (Lipinski definition) is 4. The maximum Gasteiger partial charge on any atom is 0.165 e. The van der Waals surface area contributed by atoms with Crippen molar-refractivity contribution in [3.05, 3.63) is 23.3 Å². The minimum absolute atomic E-state index is 0. The van der Waals surface area contributed by atoms with Crippen LogP contribution in [-0.2, 0) is 6.54 Å². The van der Waals surface area contributed by atoms with Crippen LogP contribution in [-0.4, -0.2) is 33.2 Å². The fraction of sp³-hybridized carbons (Fsp3) is 0.417. The average molecular weight is 257 g/mol. The van der Waals surface area contributed by atoms with E-state index in [0.717, 1.165) is 5.56 Å². The zero-order chi connectivity index (χ0) is 12.1. The topological polar surface area (TPSA) is 45.5 Å². The molecule has 0 heterocycles. The lowest BCUT2D eigenvalue weighted by molar-refractivity contribution is 0.338. The van der Waals surface area contributed by atoms with Gasteiger partial charge in [-0.1, -0.05) is 0 Å². The predicted molar refractivity (Wildman–Crippen MR) is 68.9 cm³/mol. The molecule has 1 aromatic carbocycles. The molecule has 0 radical (unpaired) electrons. The zero-order valence-corrected chi connectivity index (χ0v) is 11.3. The van der Waals surface area contributed by atoms with Crippen LogP contribution in [0.3, 0.4) is 0 Å². The van der Waals surface area contributed by atoms with Gasteiger partial charge in [-0.3, -0.25) is 0 Å². The maximum absolute atomic E-state index is 8.92. The number of rotatable bonds is 4. The highest BCUT2D eigenvalue weighted by Gasteiger charge is 2.12. The van der Waals surface area contributed by atoms with Gasteiger partial charge in [0.25, 0.3) is 0 Å². The van der Waals surface area contributed by atoms with Gasteiger partial charge in [-0.25, -0.2) is 0 Å². The fourth-order valence-electron chi connectivity index (χ4n) is 1.57. The average Bonchev–Trinajstić information content (AvgIpc) is 2.27. The van der Waals surface area contributed by atoms with Gasteiger partial charge in [0.15, 0.2) is 11.5 Å². The summed E-state index contributed by atoms with van der Waals surface area (Å²) < 4.78 is 10.5. The SMILES string of the molecule is COc1cc(C#N)cc(CN(C)C)c1OC.Cl. The van der Waals surface area contributed by atoms with Gasteiger partial charge in [0.1, 0.15) is 0 Å². The third-order valence-electron chi connectivity index (χ3n) is 2.17. The van der Waals surface area contributed by atoms with Crippen LogP contribution in [0.25, 0.3) is 0 Å². The molecule has 0 aliphatic rings. The van der Waals surface area contributed by atoms with Crippen molar-refractivity contribution in [1.29, 1.82) is 5.26 Å². The molecule has 17 heavy (non-hydrogen) atoms. The number of benzene rings is 1. The lowest BCUT2D eigenvalue weighted by Crippen LogP contribution is -2.12. The highest BCUT2D eigenvalue weighted by atomic mass is 35.5. The molecule has 0 unspecified atom stereocenters. The number of nitrogens with zero attached hydrogens (tertiary/aromatic N) is 2. The highest BCUT2D eigenvalue weighted by Crippen LogP contribution is 2.32. The minimum atomic E-state index is 0. The minimum Gasteiger partial charge on any atom is -0.493 e. The Hall–Kier alpha value is -1.44. The largest absolute Gasteiger partial charge is 0.493 e. The number of nitriles is 1. The van der Waals surface area contributed by atoms with E-state index in [1.807, 2.05) is 25.1 Å². The second-order valence-electron chi connectivity index (χ2n) is 3.72. The molecule has 0 fully saturated rings. The number of halogens is 1. The first-order chi connectivity index (χ1) is 7.62. The Morgan fingerprint density at radius 3 is 2.29 bits per heavy atom. The molecule has 0 aliphatic heterocycles. The summed E-state index contributed by atoms with van der Waals surface area (Å²) in [5, 5.41) is 8.92. The van der Waals surface area contributed by atoms with Crippen molar-refractivity contribution < 1.29 is 9.47 Å². The number of hydrogen-bond donors (Lipinski definition) is 0. The molecule has 0 atom stereocenters. The van der Waals surface area contributed by atoms with Crippen molar-refractivity contribution in [2.75, 3.05) is 28.3 Å². The molecular weight excluding hydrogens is 240 g/mol. The standard InChI is InChI=1S/C12H16N2O2.ClH/c1-14(2)8-10-5-9(7-13)6-11(15-3)12(10)16-4;/h5-6H,8H2,1-4H3;1H. The summed E-state index contributed by atoms with van der Waals surface area (Å²) in [5.41, 5.74) is 1.53. The lowest BCUT2D eigenvalue weighted by atomic mass is 10.1. The van der Waals surface area contributed by atoms with Gasteiger partial charge in [-0.05, 0) is 20.2 Å². The Morgan fingerprint density at radius 1 is 1.24 bits per heavy atom. The normalized spacial score (nSPS) is 9.41. The van der Waals surface area contributed by atoms with Crippen LogP contribution in [0.1, 0.15) is 11.1 Å². The van der Waals surface area contributed by atoms with Crippen LogP contribution in [0.4, 0.5) is 0 Å². The van der Waals surface area contributed by atoms with Gasteiger partial charge in [-0.2, -0.15) is 5.26 Å². The first-order valence-electron chi connectivity index (χ1n) is 4.92. The van der Waals surface area contributed by atoms with Crippen molar-refractivity contribution in [2.24, 2.45) is 0 Å². The molecule has 0 N–H and O–H groups in total. The second kappa shape index (κ2) is 7.00. The van der Waals surface area contributed by atoms with Gasteiger partial charge < -0.3 is 14.4 Å². The molecule has 1 aromatic rings. The molecule has 0 amide bonds. The predicted octanol–water partition coefficient (Wildman–Crippen LogP) is 2.06. The monoisotopic (exact) mass is 256 g/mol. The van der Waals surface area contributed by atoms with Crippen molar-refractivity contribution in [1.82, 2.24) is 4.90 Å². The molecule has 0 saturated heterocycles. The Bertz CT molecular complexity index is 414. The van der Waals surface area contributed by atoms with Crippen molar-refractivity contribution in [3.8, 4) is 17.6 Å². The molecule has 0 saturated carbocycles. The van der Waals surface area contributed by atoms with E-state index in [9.17, 15) is 0 Å². The third-order valence-corrected chi connectivity index (χ3v) is 2.17. The Labute approximate surface area is 108 Å². The van der Waals surface area contributed by atoms with Crippen molar-refractivity contribution in [2.45, 2.75) is 6.54 Å². The van der Waals surface area contributed by atoms with Crippen LogP contribution in [0, 0.1) is 11.3 Å². The summed E-state index contributed by atoms with van der Waals surface area (Å²) in [6.45, 7) is 0.703. The fourth-order valence-corrected chi connectivity index (χ4v) is 1.57. The molecule has 94 valence electrons.